The minimum atomic E-state index is -0.824. The molecule has 4 nitrogen and oxygen atoms in total. The number of amides is 1. The summed E-state index contributed by atoms with van der Waals surface area (Å²) in [5.74, 6) is 1.09. The Morgan fingerprint density at radius 1 is 1.27 bits per heavy atom. The van der Waals surface area contributed by atoms with Crippen molar-refractivity contribution in [3.63, 3.8) is 0 Å². The van der Waals surface area contributed by atoms with E-state index in [1.807, 2.05) is 45.9 Å². The fraction of sp³-hybridized carbons (Fsp3) is 0.611. The van der Waals surface area contributed by atoms with Gasteiger partial charge in [-0.05, 0) is 63.8 Å². The summed E-state index contributed by atoms with van der Waals surface area (Å²) in [5.41, 5.74) is 0.926. The third-order valence-electron chi connectivity index (χ3n) is 3.52. The van der Waals surface area contributed by atoms with Crippen LogP contribution in [0, 0.1) is 12.8 Å². The second-order valence-electron chi connectivity index (χ2n) is 6.63. The Morgan fingerprint density at radius 2 is 1.91 bits per heavy atom. The van der Waals surface area contributed by atoms with E-state index in [0.29, 0.717) is 12.3 Å². The highest BCUT2D eigenvalue weighted by Gasteiger charge is 2.33. The van der Waals surface area contributed by atoms with E-state index in [1.165, 1.54) is 0 Å². The summed E-state index contributed by atoms with van der Waals surface area (Å²) >= 11 is 0. The Bertz CT molecular complexity index is 511. The Labute approximate surface area is 134 Å². The molecule has 1 rings (SSSR count). The zero-order valence-corrected chi connectivity index (χ0v) is 14.8. The molecule has 0 aromatic heterocycles. The SMILES string of the molecule is CO[C@](C)(CC(C)C)C(=O)Nc1ccc(OC(C)C)c(C)c1. The van der Waals surface area contributed by atoms with Gasteiger partial charge in [0.25, 0.3) is 5.91 Å². The molecular formula is C18H29NO3. The van der Waals surface area contributed by atoms with Crippen LogP contribution in [0.3, 0.4) is 0 Å². The van der Waals surface area contributed by atoms with Gasteiger partial charge in [-0.15, -0.1) is 0 Å². The third-order valence-corrected chi connectivity index (χ3v) is 3.52. The molecule has 0 heterocycles. The molecule has 1 aromatic rings. The highest BCUT2D eigenvalue weighted by atomic mass is 16.5. The lowest BCUT2D eigenvalue weighted by Crippen LogP contribution is -2.43. The van der Waals surface area contributed by atoms with Crippen molar-refractivity contribution in [1.82, 2.24) is 0 Å². The van der Waals surface area contributed by atoms with E-state index < -0.39 is 5.60 Å². The number of benzene rings is 1. The number of hydrogen-bond acceptors (Lipinski definition) is 3. The lowest BCUT2D eigenvalue weighted by molar-refractivity contribution is -0.137. The first-order chi connectivity index (χ1) is 10.2. The van der Waals surface area contributed by atoms with Crippen LogP contribution in [0.15, 0.2) is 18.2 Å². The van der Waals surface area contributed by atoms with Crippen LogP contribution in [-0.4, -0.2) is 24.7 Å². The Kier molecular flexibility index (Phi) is 6.42. The normalized spacial score (nSPS) is 14.0. The molecule has 0 saturated carbocycles. The summed E-state index contributed by atoms with van der Waals surface area (Å²) in [4.78, 5) is 12.5. The van der Waals surface area contributed by atoms with Crippen molar-refractivity contribution < 1.29 is 14.3 Å². The van der Waals surface area contributed by atoms with Crippen LogP contribution in [0.2, 0.25) is 0 Å². The third kappa shape index (κ3) is 5.02. The van der Waals surface area contributed by atoms with Crippen molar-refractivity contribution >= 4 is 11.6 Å². The second kappa shape index (κ2) is 7.63. The lowest BCUT2D eigenvalue weighted by atomic mass is 9.93. The molecule has 0 radical (unpaired) electrons. The first-order valence-electron chi connectivity index (χ1n) is 7.82. The number of ether oxygens (including phenoxy) is 2. The van der Waals surface area contributed by atoms with E-state index in [0.717, 1.165) is 17.0 Å². The molecule has 0 unspecified atom stereocenters. The Hall–Kier alpha value is -1.55. The lowest BCUT2D eigenvalue weighted by Gasteiger charge is -2.28. The maximum absolute atomic E-state index is 12.5. The van der Waals surface area contributed by atoms with Gasteiger partial charge in [0.1, 0.15) is 11.4 Å². The van der Waals surface area contributed by atoms with Gasteiger partial charge in [-0.25, -0.2) is 0 Å². The first-order valence-corrected chi connectivity index (χ1v) is 7.82. The topological polar surface area (TPSA) is 47.6 Å². The van der Waals surface area contributed by atoms with Gasteiger partial charge >= 0.3 is 0 Å². The zero-order valence-electron chi connectivity index (χ0n) is 14.8. The monoisotopic (exact) mass is 307 g/mol. The maximum atomic E-state index is 12.5. The highest BCUT2D eigenvalue weighted by molar-refractivity contribution is 5.97. The quantitative estimate of drug-likeness (QED) is 0.822. The van der Waals surface area contributed by atoms with Crippen molar-refractivity contribution in [3.05, 3.63) is 23.8 Å². The van der Waals surface area contributed by atoms with E-state index in [-0.39, 0.29) is 12.0 Å². The number of rotatable bonds is 7. The number of aryl methyl sites for hydroxylation is 1. The average molecular weight is 307 g/mol. The molecule has 124 valence electrons. The fourth-order valence-electron chi connectivity index (χ4n) is 2.42. The van der Waals surface area contributed by atoms with Crippen LogP contribution in [0.4, 0.5) is 5.69 Å². The van der Waals surface area contributed by atoms with Crippen LogP contribution in [-0.2, 0) is 9.53 Å². The van der Waals surface area contributed by atoms with Crippen molar-refractivity contribution in [2.24, 2.45) is 5.92 Å². The number of hydrogen-bond donors (Lipinski definition) is 1. The van der Waals surface area contributed by atoms with Crippen molar-refractivity contribution in [2.75, 3.05) is 12.4 Å². The van der Waals surface area contributed by atoms with E-state index in [9.17, 15) is 4.79 Å². The van der Waals surface area contributed by atoms with Crippen molar-refractivity contribution in [1.29, 1.82) is 0 Å². The van der Waals surface area contributed by atoms with Crippen molar-refractivity contribution in [2.45, 2.75) is 59.7 Å². The largest absolute Gasteiger partial charge is 0.491 e. The molecule has 0 saturated heterocycles. The van der Waals surface area contributed by atoms with Crippen LogP contribution < -0.4 is 10.1 Å². The summed E-state index contributed by atoms with van der Waals surface area (Å²) in [6.45, 7) is 11.9. The number of anilines is 1. The zero-order chi connectivity index (χ0) is 16.9. The van der Waals surface area contributed by atoms with Crippen LogP contribution in [0.1, 0.15) is 46.6 Å². The van der Waals surface area contributed by atoms with Crippen LogP contribution in [0.5, 0.6) is 5.75 Å². The first kappa shape index (κ1) is 18.5. The average Bonchev–Trinajstić information content (AvgIpc) is 2.40. The van der Waals surface area contributed by atoms with Gasteiger partial charge in [0, 0.05) is 12.8 Å². The molecule has 0 bridgehead atoms. The Morgan fingerprint density at radius 3 is 2.36 bits per heavy atom. The molecule has 1 atom stereocenters. The smallest absolute Gasteiger partial charge is 0.256 e. The molecule has 0 aliphatic heterocycles. The van der Waals surface area contributed by atoms with Gasteiger partial charge in [-0.1, -0.05) is 13.8 Å². The number of methoxy groups -OCH3 is 1. The molecule has 4 heteroatoms. The number of carbonyl (C=O) groups excluding carboxylic acids is 1. The Balaban J connectivity index is 2.85. The summed E-state index contributed by atoms with van der Waals surface area (Å²) < 4.78 is 11.2. The molecule has 1 N–H and O–H groups in total. The summed E-state index contributed by atoms with van der Waals surface area (Å²) in [7, 11) is 1.58. The number of nitrogens with one attached hydrogen (secondary N) is 1. The number of carbonyl (C=O) groups is 1. The molecule has 1 amide bonds. The summed E-state index contributed by atoms with van der Waals surface area (Å²) in [6, 6.07) is 5.66. The van der Waals surface area contributed by atoms with Gasteiger partial charge in [-0.2, -0.15) is 0 Å². The summed E-state index contributed by atoms with van der Waals surface area (Å²) in [5, 5.41) is 2.94. The summed E-state index contributed by atoms with van der Waals surface area (Å²) in [6.07, 6.45) is 0.796. The molecular weight excluding hydrogens is 278 g/mol. The van der Waals surface area contributed by atoms with Gasteiger partial charge < -0.3 is 14.8 Å². The van der Waals surface area contributed by atoms with Gasteiger partial charge in [0.05, 0.1) is 6.10 Å². The second-order valence-corrected chi connectivity index (χ2v) is 6.63. The molecule has 0 spiro atoms. The van der Waals surface area contributed by atoms with E-state index in [1.54, 1.807) is 7.11 Å². The highest BCUT2D eigenvalue weighted by Crippen LogP contribution is 2.26. The van der Waals surface area contributed by atoms with E-state index >= 15 is 0 Å². The van der Waals surface area contributed by atoms with Gasteiger partial charge in [-0.3, -0.25) is 4.79 Å². The predicted octanol–water partition coefficient (Wildman–Crippen LogP) is 4.17. The van der Waals surface area contributed by atoms with Gasteiger partial charge in [0.15, 0.2) is 0 Å². The van der Waals surface area contributed by atoms with E-state index in [4.69, 9.17) is 9.47 Å². The minimum Gasteiger partial charge on any atom is -0.491 e. The molecule has 0 aliphatic rings. The standard InChI is InChI=1S/C18H29NO3/c1-12(2)11-18(6,21-7)17(20)19-15-8-9-16(14(5)10-15)22-13(3)4/h8-10,12-13H,11H2,1-7H3,(H,19,20)/t18-/m1/s1. The van der Waals surface area contributed by atoms with E-state index in [2.05, 4.69) is 19.2 Å². The maximum Gasteiger partial charge on any atom is 0.256 e. The fourth-order valence-corrected chi connectivity index (χ4v) is 2.42. The molecule has 22 heavy (non-hydrogen) atoms. The van der Waals surface area contributed by atoms with Crippen molar-refractivity contribution in [3.8, 4) is 5.75 Å². The van der Waals surface area contributed by atoms with Gasteiger partial charge in [0.2, 0.25) is 0 Å². The molecule has 1 aromatic carbocycles. The van der Waals surface area contributed by atoms with Crippen LogP contribution in [0.25, 0.3) is 0 Å². The predicted molar refractivity (Wildman–Crippen MR) is 90.4 cm³/mol. The molecule has 0 fully saturated rings. The molecule has 0 aliphatic carbocycles. The van der Waals surface area contributed by atoms with Crippen LogP contribution >= 0.6 is 0 Å². The minimum absolute atomic E-state index is 0.124.